The number of benzene rings is 2. The molecule has 1 N–H and O–H groups in total. The van der Waals surface area contributed by atoms with Crippen molar-refractivity contribution in [2.75, 3.05) is 26.6 Å². The SMILES string of the molecule is COc1ccc(NCc2ccc(OC)cc2OC)cc1. The molecule has 0 unspecified atom stereocenters. The van der Waals surface area contributed by atoms with E-state index in [2.05, 4.69) is 5.32 Å². The molecule has 0 fully saturated rings. The van der Waals surface area contributed by atoms with Gasteiger partial charge in [-0.1, -0.05) is 0 Å². The zero-order chi connectivity index (χ0) is 14.4. The second-order valence-corrected chi connectivity index (χ2v) is 4.26. The van der Waals surface area contributed by atoms with Crippen molar-refractivity contribution in [3.8, 4) is 17.2 Å². The maximum absolute atomic E-state index is 5.37. The van der Waals surface area contributed by atoms with Crippen molar-refractivity contribution in [2.45, 2.75) is 6.54 Å². The van der Waals surface area contributed by atoms with Gasteiger partial charge in [-0.2, -0.15) is 0 Å². The van der Waals surface area contributed by atoms with E-state index in [9.17, 15) is 0 Å². The highest BCUT2D eigenvalue weighted by molar-refractivity contribution is 5.48. The second-order valence-electron chi connectivity index (χ2n) is 4.26. The maximum atomic E-state index is 5.37. The Balaban J connectivity index is 2.05. The summed E-state index contributed by atoms with van der Waals surface area (Å²) in [5.41, 5.74) is 2.10. The standard InChI is InChI=1S/C16H19NO3/c1-18-14-8-5-13(6-9-14)17-11-12-4-7-15(19-2)10-16(12)20-3/h4-10,17H,11H2,1-3H3. The van der Waals surface area contributed by atoms with Crippen LogP contribution in [0.3, 0.4) is 0 Å². The van der Waals surface area contributed by atoms with Gasteiger partial charge in [0.25, 0.3) is 0 Å². The van der Waals surface area contributed by atoms with Crippen LogP contribution in [0.2, 0.25) is 0 Å². The molecule has 2 rings (SSSR count). The van der Waals surface area contributed by atoms with Crippen LogP contribution in [0.5, 0.6) is 17.2 Å². The van der Waals surface area contributed by atoms with Crippen LogP contribution in [0.1, 0.15) is 5.56 Å². The average Bonchev–Trinajstić information content (AvgIpc) is 2.53. The van der Waals surface area contributed by atoms with Crippen LogP contribution < -0.4 is 19.5 Å². The summed E-state index contributed by atoms with van der Waals surface area (Å²) in [6, 6.07) is 13.6. The molecule has 106 valence electrons. The molecular weight excluding hydrogens is 254 g/mol. The van der Waals surface area contributed by atoms with Gasteiger partial charge >= 0.3 is 0 Å². The van der Waals surface area contributed by atoms with E-state index in [1.54, 1.807) is 21.3 Å². The molecule has 0 spiro atoms. The quantitative estimate of drug-likeness (QED) is 0.876. The monoisotopic (exact) mass is 273 g/mol. The lowest BCUT2D eigenvalue weighted by molar-refractivity contribution is 0.391. The third-order valence-corrected chi connectivity index (χ3v) is 3.07. The van der Waals surface area contributed by atoms with E-state index >= 15 is 0 Å². The van der Waals surface area contributed by atoms with Crippen molar-refractivity contribution in [1.82, 2.24) is 0 Å². The summed E-state index contributed by atoms with van der Waals surface area (Å²) in [7, 11) is 4.96. The summed E-state index contributed by atoms with van der Waals surface area (Å²) in [5.74, 6) is 2.44. The number of anilines is 1. The first-order valence-corrected chi connectivity index (χ1v) is 6.35. The predicted octanol–water partition coefficient (Wildman–Crippen LogP) is 3.32. The van der Waals surface area contributed by atoms with E-state index in [1.165, 1.54) is 0 Å². The highest BCUT2D eigenvalue weighted by Crippen LogP contribution is 2.25. The molecule has 0 saturated heterocycles. The minimum atomic E-state index is 0.680. The average molecular weight is 273 g/mol. The van der Waals surface area contributed by atoms with Crippen molar-refractivity contribution in [3.63, 3.8) is 0 Å². The summed E-state index contributed by atoms with van der Waals surface area (Å²) < 4.78 is 15.7. The van der Waals surface area contributed by atoms with Crippen LogP contribution in [0.15, 0.2) is 42.5 Å². The molecule has 0 bridgehead atoms. The molecule has 4 heteroatoms. The lowest BCUT2D eigenvalue weighted by Gasteiger charge is -2.12. The van der Waals surface area contributed by atoms with Gasteiger partial charge in [0.15, 0.2) is 0 Å². The third-order valence-electron chi connectivity index (χ3n) is 3.07. The Labute approximate surface area is 119 Å². The summed E-state index contributed by atoms with van der Waals surface area (Å²) in [4.78, 5) is 0. The molecule has 2 aromatic rings. The van der Waals surface area contributed by atoms with Gasteiger partial charge in [-0.25, -0.2) is 0 Å². The Hall–Kier alpha value is -2.36. The Morgan fingerprint density at radius 2 is 1.45 bits per heavy atom. The molecule has 0 aliphatic carbocycles. The fourth-order valence-corrected chi connectivity index (χ4v) is 1.90. The minimum absolute atomic E-state index is 0.680. The topological polar surface area (TPSA) is 39.7 Å². The summed E-state index contributed by atoms with van der Waals surface area (Å²) in [6.07, 6.45) is 0. The predicted molar refractivity (Wildman–Crippen MR) is 79.9 cm³/mol. The lowest BCUT2D eigenvalue weighted by Crippen LogP contribution is -2.02. The van der Waals surface area contributed by atoms with Gasteiger partial charge in [-0.15, -0.1) is 0 Å². The largest absolute Gasteiger partial charge is 0.497 e. The number of ether oxygens (including phenoxy) is 3. The highest BCUT2D eigenvalue weighted by atomic mass is 16.5. The molecule has 0 aromatic heterocycles. The smallest absolute Gasteiger partial charge is 0.127 e. The number of methoxy groups -OCH3 is 3. The van der Waals surface area contributed by atoms with Crippen LogP contribution >= 0.6 is 0 Å². The zero-order valence-electron chi connectivity index (χ0n) is 12.0. The van der Waals surface area contributed by atoms with Crippen LogP contribution in [0, 0.1) is 0 Å². The van der Waals surface area contributed by atoms with Crippen LogP contribution in [0.25, 0.3) is 0 Å². The van der Waals surface area contributed by atoms with Crippen molar-refractivity contribution >= 4 is 5.69 Å². The number of hydrogen-bond acceptors (Lipinski definition) is 4. The van der Waals surface area contributed by atoms with Crippen molar-refractivity contribution in [2.24, 2.45) is 0 Å². The van der Waals surface area contributed by atoms with Crippen LogP contribution in [-0.4, -0.2) is 21.3 Å². The second kappa shape index (κ2) is 6.70. The molecule has 0 atom stereocenters. The third kappa shape index (κ3) is 3.35. The van der Waals surface area contributed by atoms with Crippen molar-refractivity contribution in [1.29, 1.82) is 0 Å². The Kier molecular flexibility index (Phi) is 4.71. The molecule has 0 aliphatic heterocycles. The fourth-order valence-electron chi connectivity index (χ4n) is 1.90. The van der Waals surface area contributed by atoms with Gasteiger partial charge in [0.1, 0.15) is 17.2 Å². The van der Waals surface area contributed by atoms with Crippen LogP contribution in [-0.2, 0) is 6.54 Å². The molecular formula is C16H19NO3. The van der Waals surface area contributed by atoms with Gasteiger partial charge in [0.05, 0.1) is 21.3 Å². The molecule has 0 heterocycles. The molecule has 4 nitrogen and oxygen atoms in total. The molecule has 0 aliphatic rings. The van der Waals surface area contributed by atoms with E-state index in [1.807, 2.05) is 42.5 Å². The summed E-state index contributed by atoms with van der Waals surface area (Å²) >= 11 is 0. The first-order valence-electron chi connectivity index (χ1n) is 6.35. The van der Waals surface area contributed by atoms with Gasteiger partial charge in [0, 0.05) is 23.9 Å². The molecule has 0 saturated carbocycles. The highest BCUT2D eigenvalue weighted by Gasteiger charge is 2.05. The van der Waals surface area contributed by atoms with Crippen LogP contribution in [0.4, 0.5) is 5.69 Å². The van der Waals surface area contributed by atoms with Gasteiger partial charge < -0.3 is 19.5 Å². The number of hydrogen-bond donors (Lipinski definition) is 1. The van der Waals surface area contributed by atoms with E-state index in [0.29, 0.717) is 6.54 Å². The number of rotatable bonds is 6. The maximum Gasteiger partial charge on any atom is 0.127 e. The first-order chi connectivity index (χ1) is 9.76. The fraction of sp³-hybridized carbons (Fsp3) is 0.250. The Morgan fingerprint density at radius 3 is 2.05 bits per heavy atom. The molecule has 0 radical (unpaired) electrons. The van der Waals surface area contributed by atoms with Gasteiger partial charge in [-0.3, -0.25) is 0 Å². The normalized spacial score (nSPS) is 9.95. The summed E-state index contributed by atoms with van der Waals surface area (Å²) in [6.45, 7) is 0.680. The van der Waals surface area contributed by atoms with Gasteiger partial charge in [0.2, 0.25) is 0 Å². The summed E-state index contributed by atoms with van der Waals surface area (Å²) in [5, 5.41) is 3.35. The number of nitrogens with one attached hydrogen (secondary N) is 1. The van der Waals surface area contributed by atoms with Gasteiger partial charge in [-0.05, 0) is 36.4 Å². The van der Waals surface area contributed by atoms with E-state index in [0.717, 1.165) is 28.5 Å². The lowest BCUT2D eigenvalue weighted by atomic mass is 10.2. The Bertz CT molecular complexity index is 552. The van der Waals surface area contributed by atoms with E-state index in [-0.39, 0.29) is 0 Å². The molecule has 0 amide bonds. The van der Waals surface area contributed by atoms with E-state index in [4.69, 9.17) is 14.2 Å². The molecule has 20 heavy (non-hydrogen) atoms. The zero-order valence-corrected chi connectivity index (χ0v) is 12.0. The molecule has 2 aromatic carbocycles. The van der Waals surface area contributed by atoms with Crippen molar-refractivity contribution < 1.29 is 14.2 Å². The minimum Gasteiger partial charge on any atom is -0.497 e. The first kappa shape index (κ1) is 14.1. The van der Waals surface area contributed by atoms with Crippen molar-refractivity contribution in [3.05, 3.63) is 48.0 Å². The Morgan fingerprint density at radius 1 is 0.800 bits per heavy atom. The van der Waals surface area contributed by atoms with E-state index < -0.39 is 0 Å².